The Hall–Kier alpha value is -0.860. The monoisotopic (exact) mass is 260 g/mol. The summed E-state index contributed by atoms with van der Waals surface area (Å²) in [5.74, 6) is 0.608. The van der Waals surface area contributed by atoms with Crippen molar-refractivity contribution < 1.29 is 0 Å². The third kappa shape index (κ3) is 2.85. The van der Waals surface area contributed by atoms with E-state index in [4.69, 9.17) is 0 Å². The molecule has 1 fully saturated rings. The summed E-state index contributed by atoms with van der Waals surface area (Å²) in [6, 6.07) is 9.67. The van der Waals surface area contributed by atoms with E-state index in [0.29, 0.717) is 17.4 Å². The Labute approximate surface area is 118 Å². The van der Waals surface area contributed by atoms with Gasteiger partial charge in [0.2, 0.25) is 0 Å². The van der Waals surface area contributed by atoms with Crippen molar-refractivity contribution in [2.45, 2.75) is 45.1 Å². The van der Waals surface area contributed by atoms with Crippen LogP contribution in [-0.2, 0) is 0 Å². The number of nitrogens with one attached hydrogen (secondary N) is 2. The molecule has 1 atom stereocenters. The molecule has 0 bridgehead atoms. The molecule has 1 unspecified atom stereocenters. The average molecular weight is 260 g/mol. The van der Waals surface area contributed by atoms with Crippen molar-refractivity contribution in [3.63, 3.8) is 0 Å². The Bertz CT molecular complexity index is 390. The Balaban J connectivity index is 2.21. The van der Waals surface area contributed by atoms with Gasteiger partial charge in [0.15, 0.2) is 0 Å². The van der Waals surface area contributed by atoms with E-state index in [1.165, 1.54) is 30.4 Å². The second-order valence-electron chi connectivity index (χ2n) is 6.29. The molecule has 106 valence electrons. The largest absolute Gasteiger partial charge is 0.319 e. The first-order valence-electron chi connectivity index (χ1n) is 7.54. The molecule has 1 aromatic carbocycles. The van der Waals surface area contributed by atoms with Gasteiger partial charge in [-0.3, -0.25) is 0 Å². The molecule has 19 heavy (non-hydrogen) atoms. The molecule has 0 aromatic heterocycles. The minimum absolute atomic E-state index is 0.406. The van der Waals surface area contributed by atoms with Crippen LogP contribution in [-0.4, -0.2) is 20.6 Å². The molecule has 0 amide bonds. The Morgan fingerprint density at radius 2 is 1.63 bits per heavy atom. The van der Waals surface area contributed by atoms with Crippen LogP contribution < -0.4 is 10.6 Å². The van der Waals surface area contributed by atoms with Gasteiger partial charge in [0.1, 0.15) is 0 Å². The molecule has 2 heteroatoms. The van der Waals surface area contributed by atoms with Crippen molar-refractivity contribution in [3.8, 4) is 0 Å². The Morgan fingerprint density at radius 1 is 1.05 bits per heavy atom. The molecule has 1 saturated carbocycles. The van der Waals surface area contributed by atoms with Crippen molar-refractivity contribution in [2.24, 2.45) is 5.41 Å². The first-order valence-corrected chi connectivity index (χ1v) is 7.54. The molecule has 0 saturated heterocycles. The van der Waals surface area contributed by atoms with Crippen LogP contribution in [0.1, 0.15) is 56.2 Å². The number of hydrogen-bond acceptors (Lipinski definition) is 2. The van der Waals surface area contributed by atoms with E-state index >= 15 is 0 Å². The van der Waals surface area contributed by atoms with E-state index in [9.17, 15) is 0 Å². The molecule has 1 aliphatic carbocycles. The molecule has 0 spiro atoms. The molecular weight excluding hydrogens is 232 g/mol. The van der Waals surface area contributed by atoms with Crippen LogP contribution in [0, 0.1) is 5.41 Å². The molecule has 2 nitrogen and oxygen atoms in total. The SMILES string of the molecule is CNCC1(C(NC)c2ccc(C(C)C)cc2)CCC1. The van der Waals surface area contributed by atoms with Crippen LogP contribution in [0.2, 0.25) is 0 Å². The molecule has 2 N–H and O–H groups in total. The average Bonchev–Trinajstić information content (AvgIpc) is 2.37. The highest BCUT2D eigenvalue weighted by Gasteiger charge is 2.43. The van der Waals surface area contributed by atoms with Gasteiger partial charge in [-0.05, 0) is 44.0 Å². The first-order chi connectivity index (χ1) is 9.13. The van der Waals surface area contributed by atoms with Gasteiger partial charge in [0.05, 0.1) is 0 Å². The summed E-state index contributed by atoms with van der Waals surface area (Å²) in [7, 11) is 4.16. The quantitative estimate of drug-likeness (QED) is 0.818. The highest BCUT2D eigenvalue weighted by atomic mass is 14.9. The van der Waals surface area contributed by atoms with E-state index in [1.54, 1.807) is 0 Å². The lowest BCUT2D eigenvalue weighted by molar-refractivity contribution is 0.0789. The van der Waals surface area contributed by atoms with Crippen molar-refractivity contribution in [1.29, 1.82) is 0 Å². The summed E-state index contributed by atoms with van der Waals surface area (Å²) in [6.45, 7) is 5.60. The zero-order valence-electron chi connectivity index (χ0n) is 12.8. The Kier molecular flexibility index (Phi) is 4.64. The van der Waals surface area contributed by atoms with Crippen LogP contribution in [0.4, 0.5) is 0 Å². The lowest BCUT2D eigenvalue weighted by Crippen LogP contribution is -2.47. The zero-order chi connectivity index (χ0) is 13.9. The fourth-order valence-corrected chi connectivity index (χ4v) is 3.45. The highest BCUT2D eigenvalue weighted by Crippen LogP contribution is 2.49. The second-order valence-corrected chi connectivity index (χ2v) is 6.29. The normalized spacial score (nSPS) is 19.2. The van der Waals surface area contributed by atoms with E-state index in [2.05, 4.69) is 62.8 Å². The molecule has 2 rings (SSSR count). The van der Waals surface area contributed by atoms with Crippen molar-refractivity contribution >= 4 is 0 Å². The fourth-order valence-electron chi connectivity index (χ4n) is 3.45. The second kappa shape index (κ2) is 6.06. The maximum atomic E-state index is 3.55. The summed E-state index contributed by atoms with van der Waals surface area (Å²) in [5, 5.41) is 6.94. The van der Waals surface area contributed by atoms with Crippen LogP contribution in [0.3, 0.4) is 0 Å². The molecule has 1 aromatic rings. The van der Waals surface area contributed by atoms with Gasteiger partial charge in [0, 0.05) is 18.0 Å². The lowest BCUT2D eigenvalue weighted by atomic mass is 9.62. The van der Waals surface area contributed by atoms with Crippen LogP contribution in [0.25, 0.3) is 0 Å². The minimum atomic E-state index is 0.406. The van der Waals surface area contributed by atoms with E-state index in [-0.39, 0.29) is 0 Å². The third-order valence-corrected chi connectivity index (χ3v) is 4.72. The predicted octanol–water partition coefficient (Wildman–Crippen LogP) is 3.46. The molecular formula is C17H28N2. The number of rotatable bonds is 6. The Morgan fingerprint density at radius 3 is 2.00 bits per heavy atom. The maximum absolute atomic E-state index is 3.55. The van der Waals surface area contributed by atoms with E-state index < -0.39 is 0 Å². The minimum Gasteiger partial charge on any atom is -0.319 e. The smallest absolute Gasteiger partial charge is 0.0386 e. The van der Waals surface area contributed by atoms with Gasteiger partial charge in [-0.15, -0.1) is 0 Å². The fraction of sp³-hybridized carbons (Fsp3) is 0.647. The summed E-state index contributed by atoms with van der Waals surface area (Å²) < 4.78 is 0. The van der Waals surface area contributed by atoms with Crippen molar-refractivity contribution in [3.05, 3.63) is 35.4 Å². The van der Waals surface area contributed by atoms with Gasteiger partial charge in [-0.1, -0.05) is 44.5 Å². The summed E-state index contributed by atoms with van der Waals surface area (Å²) in [6.07, 6.45) is 4.01. The van der Waals surface area contributed by atoms with Gasteiger partial charge in [-0.2, -0.15) is 0 Å². The molecule has 0 radical (unpaired) electrons. The lowest BCUT2D eigenvalue weighted by Gasteiger charge is -2.48. The molecule has 0 aliphatic heterocycles. The topological polar surface area (TPSA) is 24.1 Å². The summed E-state index contributed by atoms with van der Waals surface area (Å²) in [5.41, 5.74) is 3.26. The van der Waals surface area contributed by atoms with E-state index in [0.717, 1.165) is 6.54 Å². The van der Waals surface area contributed by atoms with Gasteiger partial charge < -0.3 is 10.6 Å². The zero-order valence-corrected chi connectivity index (χ0v) is 12.8. The van der Waals surface area contributed by atoms with Crippen LogP contribution in [0.5, 0.6) is 0 Å². The summed E-state index contributed by atoms with van der Waals surface area (Å²) in [4.78, 5) is 0. The van der Waals surface area contributed by atoms with Crippen LogP contribution >= 0.6 is 0 Å². The van der Waals surface area contributed by atoms with Crippen molar-refractivity contribution in [2.75, 3.05) is 20.6 Å². The number of hydrogen-bond donors (Lipinski definition) is 2. The van der Waals surface area contributed by atoms with Gasteiger partial charge >= 0.3 is 0 Å². The highest BCUT2D eigenvalue weighted by molar-refractivity contribution is 5.29. The van der Waals surface area contributed by atoms with E-state index in [1.807, 2.05) is 0 Å². The summed E-state index contributed by atoms with van der Waals surface area (Å²) >= 11 is 0. The third-order valence-electron chi connectivity index (χ3n) is 4.72. The van der Waals surface area contributed by atoms with Gasteiger partial charge in [-0.25, -0.2) is 0 Å². The maximum Gasteiger partial charge on any atom is 0.0386 e. The molecule has 0 heterocycles. The predicted molar refractivity (Wildman–Crippen MR) is 82.5 cm³/mol. The van der Waals surface area contributed by atoms with Crippen LogP contribution in [0.15, 0.2) is 24.3 Å². The standard InChI is InChI=1S/C17H28N2/c1-13(2)14-6-8-15(9-7-14)16(19-4)17(12-18-3)10-5-11-17/h6-9,13,16,18-19H,5,10-12H2,1-4H3. The first kappa shape index (κ1) is 14.5. The van der Waals surface area contributed by atoms with Gasteiger partial charge in [0.25, 0.3) is 0 Å². The van der Waals surface area contributed by atoms with Crippen molar-refractivity contribution in [1.82, 2.24) is 10.6 Å². The molecule has 1 aliphatic rings. The number of benzene rings is 1.